The van der Waals surface area contributed by atoms with Crippen LogP contribution in [0.15, 0.2) is 64.2 Å². The number of H-pyrrole nitrogens is 1. The quantitative estimate of drug-likeness (QED) is 0.542. The summed E-state index contributed by atoms with van der Waals surface area (Å²) in [5, 5.41) is 9.70. The van der Waals surface area contributed by atoms with Gasteiger partial charge < -0.3 is 14.4 Å². The molecular formula is C21H20N4O4. The van der Waals surface area contributed by atoms with E-state index in [1.54, 1.807) is 18.5 Å². The molecule has 0 saturated carbocycles. The van der Waals surface area contributed by atoms with Gasteiger partial charge in [-0.05, 0) is 43.3 Å². The van der Waals surface area contributed by atoms with Crippen molar-refractivity contribution in [3.05, 3.63) is 75.4 Å². The van der Waals surface area contributed by atoms with Crippen LogP contribution >= 0.6 is 0 Å². The molecule has 29 heavy (non-hydrogen) atoms. The van der Waals surface area contributed by atoms with Gasteiger partial charge in [-0.15, -0.1) is 0 Å². The van der Waals surface area contributed by atoms with E-state index in [-0.39, 0.29) is 17.7 Å². The number of nitrogens with zero attached hydrogens (tertiary/aromatic N) is 3. The topological polar surface area (TPSA) is 102 Å². The van der Waals surface area contributed by atoms with Crippen molar-refractivity contribution >= 4 is 11.2 Å². The summed E-state index contributed by atoms with van der Waals surface area (Å²) in [7, 11) is 1.71. The second-order valence-electron chi connectivity index (χ2n) is 6.83. The summed E-state index contributed by atoms with van der Waals surface area (Å²) >= 11 is 0. The predicted octanol–water partition coefficient (Wildman–Crippen LogP) is 2.26. The highest BCUT2D eigenvalue weighted by molar-refractivity contribution is 5.76. The third kappa shape index (κ3) is 3.57. The molecule has 2 aromatic carbocycles. The third-order valence-corrected chi connectivity index (χ3v) is 4.55. The summed E-state index contributed by atoms with van der Waals surface area (Å²) < 4.78 is 8.71. The van der Waals surface area contributed by atoms with Gasteiger partial charge in [0.2, 0.25) is 0 Å². The lowest BCUT2D eigenvalue weighted by Gasteiger charge is -2.07. The maximum absolute atomic E-state index is 12.3. The number of aryl methyl sites for hydroxylation is 1. The van der Waals surface area contributed by atoms with Crippen LogP contribution in [0.5, 0.6) is 11.5 Å². The second kappa shape index (κ2) is 7.40. The molecule has 2 heterocycles. The molecule has 148 valence electrons. The zero-order valence-electron chi connectivity index (χ0n) is 16.0. The molecule has 0 aliphatic carbocycles. The van der Waals surface area contributed by atoms with Gasteiger partial charge >= 0.3 is 5.69 Å². The van der Waals surface area contributed by atoms with Gasteiger partial charge in [0.05, 0.1) is 12.6 Å². The van der Waals surface area contributed by atoms with Gasteiger partial charge in [0.25, 0.3) is 5.56 Å². The van der Waals surface area contributed by atoms with Crippen LogP contribution in [0, 0.1) is 0 Å². The van der Waals surface area contributed by atoms with Crippen molar-refractivity contribution in [1.82, 2.24) is 19.1 Å². The lowest BCUT2D eigenvalue weighted by atomic mass is 10.2. The Morgan fingerprint density at radius 3 is 2.38 bits per heavy atom. The monoisotopic (exact) mass is 392 g/mol. The van der Waals surface area contributed by atoms with E-state index in [1.807, 2.05) is 54.6 Å². The maximum atomic E-state index is 12.3. The van der Waals surface area contributed by atoms with E-state index in [0.717, 1.165) is 11.3 Å². The first-order valence-electron chi connectivity index (χ1n) is 9.15. The summed E-state index contributed by atoms with van der Waals surface area (Å²) in [4.78, 5) is 31.4. The molecule has 8 nitrogen and oxygen atoms in total. The van der Waals surface area contributed by atoms with Gasteiger partial charge in [0, 0.05) is 12.6 Å². The molecule has 0 radical (unpaired) electrons. The standard InChI is InChI=1S/C21H20N4O4/c1-13(26)12-25-19-17(20(27)23-21(25)28)24(2)18(22-19)14-8-10-16(11-9-14)29-15-6-4-3-5-7-15/h3-11,13,26H,12H2,1-2H3,(H,23,27,28). The molecule has 0 saturated heterocycles. The number of para-hydroxylation sites is 1. The predicted molar refractivity (Wildman–Crippen MR) is 109 cm³/mol. The molecular weight excluding hydrogens is 372 g/mol. The Hall–Kier alpha value is -3.65. The first-order valence-corrected chi connectivity index (χ1v) is 9.15. The average molecular weight is 392 g/mol. The number of aliphatic hydroxyl groups is 1. The molecule has 1 unspecified atom stereocenters. The molecule has 1 atom stereocenters. The Kier molecular flexibility index (Phi) is 4.77. The smallest absolute Gasteiger partial charge is 0.330 e. The van der Waals surface area contributed by atoms with Crippen molar-refractivity contribution in [2.45, 2.75) is 19.6 Å². The summed E-state index contributed by atoms with van der Waals surface area (Å²) in [6, 6.07) is 16.8. The molecule has 0 bridgehead atoms. The minimum Gasteiger partial charge on any atom is -0.457 e. The lowest BCUT2D eigenvalue weighted by Crippen LogP contribution is -2.33. The van der Waals surface area contributed by atoms with Crippen LogP contribution in [0.2, 0.25) is 0 Å². The number of aromatic nitrogens is 4. The van der Waals surface area contributed by atoms with Crippen molar-refractivity contribution in [2.75, 3.05) is 0 Å². The molecule has 2 aromatic heterocycles. The van der Waals surface area contributed by atoms with Crippen LogP contribution in [0.3, 0.4) is 0 Å². The van der Waals surface area contributed by atoms with Crippen LogP contribution < -0.4 is 16.0 Å². The van der Waals surface area contributed by atoms with Crippen molar-refractivity contribution in [3.63, 3.8) is 0 Å². The number of aliphatic hydroxyl groups excluding tert-OH is 1. The van der Waals surface area contributed by atoms with Crippen molar-refractivity contribution < 1.29 is 9.84 Å². The molecule has 8 heteroatoms. The van der Waals surface area contributed by atoms with Gasteiger partial charge in [0.1, 0.15) is 17.3 Å². The maximum Gasteiger partial charge on any atom is 0.330 e. The number of aromatic amines is 1. The van der Waals surface area contributed by atoms with Crippen LogP contribution in [0.1, 0.15) is 6.92 Å². The number of benzene rings is 2. The third-order valence-electron chi connectivity index (χ3n) is 4.55. The van der Waals surface area contributed by atoms with Gasteiger partial charge in [-0.25, -0.2) is 9.78 Å². The molecule has 2 N–H and O–H groups in total. The Labute approximate surface area is 165 Å². The number of nitrogens with one attached hydrogen (secondary N) is 1. The highest BCUT2D eigenvalue weighted by atomic mass is 16.5. The van der Waals surface area contributed by atoms with Crippen LogP contribution in [0.4, 0.5) is 0 Å². The Morgan fingerprint density at radius 1 is 1.07 bits per heavy atom. The number of fused-ring (bicyclic) bond motifs is 1. The SMILES string of the molecule is CC(O)Cn1c(=O)[nH]c(=O)c2c1nc(-c1ccc(Oc3ccccc3)cc1)n2C. The van der Waals surface area contributed by atoms with Crippen molar-refractivity contribution in [2.24, 2.45) is 7.05 Å². The largest absolute Gasteiger partial charge is 0.457 e. The zero-order chi connectivity index (χ0) is 20.5. The van der Waals surface area contributed by atoms with Gasteiger partial charge in [0.15, 0.2) is 11.2 Å². The second-order valence-corrected chi connectivity index (χ2v) is 6.83. The van der Waals surface area contributed by atoms with Crippen molar-refractivity contribution in [3.8, 4) is 22.9 Å². The lowest BCUT2D eigenvalue weighted by molar-refractivity contribution is 0.173. The van der Waals surface area contributed by atoms with Gasteiger partial charge in [-0.3, -0.25) is 14.3 Å². The zero-order valence-corrected chi connectivity index (χ0v) is 16.0. The van der Waals surface area contributed by atoms with E-state index >= 15 is 0 Å². The number of ether oxygens (including phenoxy) is 1. The summed E-state index contributed by atoms with van der Waals surface area (Å²) in [6.07, 6.45) is -0.762. The highest BCUT2D eigenvalue weighted by Crippen LogP contribution is 2.26. The van der Waals surface area contributed by atoms with E-state index in [0.29, 0.717) is 11.6 Å². The van der Waals surface area contributed by atoms with E-state index < -0.39 is 17.4 Å². The summed E-state index contributed by atoms with van der Waals surface area (Å²) in [6.45, 7) is 1.60. The van der Waals surface area contributed by atoms with E-state index in [4.69, 9.17) is 4.74 Å². The molecule has 0 fully saturated rings. The fourth-order valence-corrected chi connectivity index (χ4v) is 3.23. The highest BCUT2D eigenvalue weighted by Gasteiger charge is 2.18. The van der Waals surface area contributed by atoms with Gasteiger partial charge in [-0.2, -0.15) is 0 Å². The minimum atomic E-state index is -0.762. The Bertz CT molecular complexity index is 1270. The average Bonchev–Trinajstić information content (AvgIpc) is 3.04. The van der Waals surface area contributed by atoms with E-state index in [9.17, 15) is 14.7 Å². The Balaban J connectivity index is 1.76. The summed E-state index contributed by atoms with van der Waals surface area (Å²) in [5.41, 5.74) is 0.156. The fourth-order valence-electron chi connectivity index (χ4n) is 3.23. The molecule has 4 aromatic rings. The number of hydrogen-bond donors (Lipinski definition) is 2. The van der Waals surface area contributed by atoms with Gasteiger partial charge in [-0.1, -0.05) is 18.2 Å². The molecule has 4 rings (SSSR count). The molecule has 0 spiro atoms. The number of imidazole rings is 1. The normalized spacial score (nSPS) is 12.2. The molecule has 0 aliphatic rings. The summed E-state index contributed by atoms with van der Waals surface area (Å²) in [5.74, 6) is 1.93. The molecule has 0 aliphatic heterocycles. The van der Waals surface area contributed by atoms with Crippen molar-refractivity contribution in [1.29, 1.82) is 0 Å². The minimum absolute atomic E-state index is 0.0341. The van der Waals surface area contributed by atoms with Crippen LogP contribution in [-0.4, -0.2) is 30.3 Å². The number of rotatable bonds is 5. The number of hydrogen-bond acceptors (Lipinski definition) is 5. The Morgan fingerprint density at radius 2 is 1.72 bits per heavy atom. The van der Waals surface area contributed by atoms with Crippen LogP contribution in [0.25, 0.3) is 22.6 Å². The van der Waals surface area contributed by atoms with E-state index in [1.165, 1.54) is 4.57 Å². The fraction of sp³-hybridized carbons (Fsp3) is 0.190. The first-order chi connectivity index (χ1) is 13.9. The molecule has 0 amide bonds. The first kappa shape index (κ1) is 18.7. The van der Waals surface area contributed by atoms with E-state index in [2.05, 4.69) is 9.97 Å². The van der Waals surface area contributed by atoms with Crippen LogP contribution in [-0.2, 0) is 13.6 Å².